The molecule has 1 atom stereocenters. The van der Waals surface area contributed by atoms with Gasteiger partial charge < -0.3 is 19.5 Å². The Morgan fingerprint density at radius 1 is 1.26 bits per heavy atom. The summed E-state index contributed by atoms with van der Waals surface area (Å²) in [5, 5.41) is 9.70. The lowest BCUT2D eigenvalue weighted by Gasteiger charge is -2.33. The van der Waals surface area contributed by atoms with Gasteiger partial charge in [-0.2, -0.15) is 13.2 Å². The first-order valence-corrected chi connectivity index (χ1v) is 6.47. The fourth-order valence-corrected chi connectivity index (χ4v) is 2.16. The highest BCUT2D eigenvalue weighted by Gasteiger charge is 2.41. The Morgan fingerprint density at radius 2 is 1.89 bits per heavy atom. The van der Waals surface area contributed by atoms with Crippen LogP contribution in [0.3, 0.4) is 0 Å². The van der Waals surface area contributed by atoms with E-state index in [1.165, 1.54) is 0 Å². The summed E-state index contributed by atoms with van der Waals surface area (Å²) < 4.78 is 47.4. The largest absolute Gasteiger partial charge is 0.391 e. The Hall–Kier alpha value is -0.370. The minimum absolute atomic E-state index is 0.112. The van der Waals surface area contributed by atoms with Crippen molar-refractivity contribution < 1.29 is 27.8 Å². The number of likely N-dealkylation sites (tertiary alicyclic amines) is 1. The van der Waals surface area contributed by atoms with E-state index in [0.717, 1.165) is 0 Å². The lowest BCUT2D eigenvalue weighted by molar-refractivity contribution is -0.185. The summed E-state index contributed by atoms with van der Waals surface area (Å²) in [7, 11) is 1.56. The molecule has 0 aromatic heterocycles. The first-order chi connectivity index (χ1) is 8.93. The van der Waals surface area contributed by atoms with Gasteiger partial charge in [0.25, 0.3) is 0 Å². The number of piperidine rings is 1. The maximum absolute atomic E-state index is 12.5. The zero-order chi connectivity index (χ0) is 14.3. The van der Waals surface area contributed by atoms with Gasteiger partial charge in [-0.25, -0.2) is 0 Å². The smallest absolute Gasteiger partial charge is 0.389 e. The maximum Gasteiger partial charge on any atom is 0.391 e. The standard InChI is InChI=1S/C12H22F3NO3/c1-18-6-7-19-9-11(17)8-16-4-2-10(3-5-16)12(13,14)15/h10-11,17H,2-9H2,1H3. The summed E-state index contributed by atoms with van der Waals surface area (Å²) in [4.78, 5) is 1.85. The van der Waals surface area contributed by atoms with Crippen LogP contribution in [0.25, 0.3) is 0 Å². The van der Waals surface area contributed by atoms with E-state index in [0.29, 0.717) is 32.8 Å². The van der Waals surface area contributed by atoms with Crippen molar-refractivity contribution in [1.82, 2.24) is 4.90 Å². The summed E-state index contributed by atoms with van der Waals surface area (Å²) >= 11 is 0. The maximum atomic E-state index is 12.5. The third-order valence-electron chi connectivity index (χ3n) is 3.26. The second-order valence-corrected chi connectivity index (χ2v) is 4.84. The zero-order valence-electron chi connectivity index (χ0n) is 11.2. The highest BCUT2D eigenvalue weighted by atomic mass is 19.4. The summed E-state index contributed by atoms with van der Waals surface area (Å²) in [5.74, 6) is -1.20. The number of nitrogens with zero attached hydrogens (tertiary/aromatic N) is 1. The summed E-state index contributed by atoms with van der Waals surface area (Å²) in [6, 6.07) is 0. The molecular weight excluding hydrogens is 263 g/mol. The van der Waals surface area contributed by atoms with Crippen LogP contribution >= 0.6 is 0 Å². The number of rotatable bonds is 7. The molecule has 0 bridgehead atoms. The first-order valence-electron chi connectivity index (χ1n) is 6.47. The third kappa shape index (κ3) is 6.56. The predicted octanol–water partition coefficient (Wildman–Crippen LogP) is 1.28. The van der Waals surface area contributed by atoms with Crippen LogP contribution in [0.15, 0.2) is 0 Å². The first kappa shape index (κ1) is 16.7. The fourth-order valence-electron chi connectivity index (χ4n) is 2.16. The molecule has 0 aromatic carbocycles. The van der Waals surface area contributed by atoms with Crippen molar-refractivity contribution in [2.24, 2.45) is 5.92 Å². The molecule has 0 aromatic rings. The number of aliphatic hydroxyl groups excluding tert-OH is 1. The van der Waals surface area contributed by atoms with E-state index in [-0.39, 0.29) is 19.4 Å². The number of halogens is 3. The van der Waals surface area contributed by atoms with Crippen LogP contribution < -0.4 is 0 Å². The summed E-state index contributed by atoms with van der Waals surface area (Å²) in [5.41, 5.74) is 0. The van der Waals surface area contributed by atoms with Crippen LogP contribution in [0.1, 0.15) is 12.8 Å². The van der Waals surface area contributed by atoms with E-state index >= 15 is 0 Å². The molecule has 1 fully saturated rings. The van der Waals surface area contributed by atoms with Crippen LogP contribution in [-0.4, -0.2) is 68.9 Å². The van der Waals surface area contributed by atoms with E-state index in [9.17, 15) is 18.3 Å². The molecule has 0 aliphatic carbocycles. The normalized spacial score (nSPS) is 20.7. The molecular formula is C12H22F3NO3. The third-order valence-corrected chi connectivity index (χ3v) is 3.26. The molecule has 0 saturated carbocycles. The lowest BCUT2D eigenvalue weighted by atomic mass is 9.96. The van der Waals surface area contributed by atoms with Gasteiger partial charge in [0.2, 0.25) is 0 Å². The number of ether oxygens (including phenoxy) is 2. The molecule has 1 aliphatic rings. The molecule has 1 rings (SSSR count). The molecule has 4 nitrogen and oxygen atoms in total. The van der Waals surface area contributed by atoms with Crippen LogP contribution in [0.5, 0.6) is 0 Å². The highest BCUT2D eigenvalue weighted by molar-refractivity contribution is 4.78. The Morgan fingerprint density at radius 3 is 2.42 bits per heavy atom. The SMILES string of the molecule is COCCOCC(O)CN1CCC(C(F)(F)F)CC1. The number of β-amino-alcohol motifs (C(OH)–C–C–N with tert-alkyl or cyclic N) is 1. The molecule has 1 unspecified atom stereocenters. The van der Waals surface area contributed by atoms with Gasteiger partial charge in [-0.05, 0) is 25.9 Å². The van der Waals surface area contributed by atoms with Crippen molar-refractivity contribution in [3.8, 4) is 0 Å². The fraction of sp³-hybridized carbons (Fsp3) is 1.00. The van der Waals surface area contributed by atoms with Gasteiger partial charge >= 0.3 is 6.18 Å². The van der Waals surface area contributed by atoms with E-state index in [4.69, 9.17) is 9.47 Å². The summed E-state index contributed by atoms with van der Waals surface area (Å²) in [6.45, 7) is 2.16. The van der Waals surface area contributed by atoms with Crippen LogP contribution in [0.2, 0.25) is 0 Å². The zero-order valence-corrected chi connectivity index (χ0v) is 11.2. The van der Waals surface area contributed by atoms with Gasteiger partial charge in [-0.1, -0.05) is 0 Å². The molecule has 0 spiro atoms. The van der Waals surface area contributed by atoms with Gasteiger partial charge in [-0.15, -0.1) is 0 Å². The summed E-state index contributed by atoms with van der Waals surface area (Å²) in [6.07, 6.45) is -4.53. The van der Waals surface area contributed by atoms with Crippen molar-refractivity contribution in [2.75, 3.05) is 46.6 Å². The lowest BCUT2D eigenvalue weighted by Crippen LogP contribution is -2.43. The van der Waals surface area contributed by atoms with Crippen LogP contribution in [0.4, 0.5) is 13.2 Å². The molecule has 1 saturated heterocycles. The Balaban J connectivity index is 2.14. The molecule has 19 heavy (non-hydrogen) atoms. The molecule has 1 N–H and O–H groups in total. The molecule has 1 aliphatic heterocycles. The molecule has 1 heterocycles. The van der Waals surface area contributed by atoms with Crippen molar-refractivity contribution in [3.63, 3.8) is 0 Å². The van der Waals surface area contributed by atoms with Crippen LogP contribution in [-0.2, 0) is 9.47 Å². The van der Waals surface area contributed by atoms with Gasteiger partial charge in [0, 0.05) is 13.7 Å². The number of methoxy groups -OCH3 is 1. The number of hydrogen-bond acceptors (Lipinski definition) is 4. The Kier molecular flexibility index (Phi) is 7.06. The van der Waals surface area contributed by atoms with Crippen molar-refractivity contribution in [2.45, 2.75) is 25.1 Å². The average molecular weight is 285 g/mol. The number of aliphatic hydroxyl groups is 1. The quantitative estimate of drug-likeness (QED) is 0.716. The molecule has 7 heteroatoms. The van der Waals surface area contributed by atoms with Gasteiger partial charge in [0.05, 0.1) is 31.8 Å². The number of hydrogen-bond donors (Lipinski definition) is 1. The van der Waals surface area contributed by atoms with Crippen molar-refractivity contribution in [3.05, 3.63) is 0 Å². The van der Waals surface area contributed by atoms with Crippen molar-refractivity contribution in [1.29, 1.82) is 0 Å². The Bertz CT molecular complexity index is 243. The number of alkyl halides is 3. The van der Waals surface area contributed by atoms with Gasteiger partial charge in [0.1, 0.15) is 0 Å². The van der Waals surface area contributed by atoms with Crippen LogP contribution in [0, 0.1) is 5.92 Å². The monoisotopic (exact) mass is 285 g/mol. The predicted molar refractivity (Wildman–Crippen MR) is 63.9 cm³/mol. The molecule has 0 amide bonds. The second kappa shape index (κ2) is 8.04. The Labute approximate surface area is 111 Å². The second-order valence-electron chi connectivity index (χ2n) is 4.84. The van der Waals surface area contributed by atoms with E-state index in [2.05, 4.69) is 0 Å². The molecule has 0 radical (unpaired) electrons. The van der Waals surface area contributed by atoms with Crippen molar-refractivity contribution >= 4 is 0 Å². The topological polar surface area (TPSA) is 41.9 Å². The molecule has 114 valence electrons. The minimum Gasteiger partial charge on any atom is -0.389 e. The minimum atomic E-state index is -4.09. The van der Waals surface area contributed by atoms with Gasteiger partial charge in [0.15, 0.2) is 0 Å². The average Bonchev–Trinajstić information content (AvgIpc) is 2.34. The van der Waals surface area contributed by atoms with E-state index in [1.807, 2.05) is 4.90 Å². The van der Waals surface area contributed by atoms with E-state index in [1.54, 1.807) is 7.11 Å². The highest BCUT2D eigenvalue weighted by Crippen LogP contribution is 2.33. The van der Waals surface area contributed by atoms with Gasteiger partial charge in [-0.3, -0.25) is 0 Å². The van der Waals surface area contributed by atoms with E-state index < -0.39 is 18.2 Å².